The van der Waals surface area contributed by atoms with E-state index in [9.17, 15) is 9.59 Å². The van der Waals surface area contributed by atoms with E-state index in [-0.39, 0.29) is 17.3 Å². The molecule has 0 saturated heterocycles. The number of carbonyl (C=O) groups excluding carboxylic acids is 2. The Morgan fingerprint density at radius 3 is 2.48 bits per heavy atom. The summed E-state index contributed by atoms with van der Waals surface area (Å²) in [4.78, 5) is 29.9. The summed E-state index contributed by atoms with van der Waals surface area (Å²) in [7, 11) is 3.10. The van der Waals surface area contributed by atoms with Gasteiger partial charge in [-0.2, -0.15) is 4.37 Å². The second-order valence-corrected chi connectivity index (χ2v) is 7.59. The van der Waals surface area contributed by atoms with Crippen molar-refractivity contribution in [2.45, 2.75) is 13.5 Å². The number of nitrogens with one attached hydrogen (secondary N) is 1. The van der Waals surface area contributed by atoms with Crippen molar-refractivity contribution < 1.29 is 23.9 Å². The van der Waals surface area contributed by atoms with Gasteiger partial charge in [-0.25, -0.2) is 4.79 Å². The molecule has 0 fully saturated rings. The Morgan fingerprint density at radius 2 is 1.84 bits per heavy atom. The third kappa shape index (κ3) is 5.94. The molecule has 8 nitrogen and oxygen atoms in total. The number of amides is 1. The van der Waals surface area contributed by atoms with Gasteiger partial charge >= 0.3 is 5.97 Å². The number of aromatic nitrogens is 1. The van der Waals surface area contributed by atoms with E-state index in [1.54, 1.807) is 55.6 Å². The molecule has 0 aliphatic rings. The summed E-state index contributed by atoms with van der Waals surface area (Å²) in [6.45, 7) is 1.47. The molecule has 0 aliphatic heterocycles. The van der Waals surface area contributed by atoms with Crippen LogP contribution in [-0.2, 0) is 16.2 Å². The molecule has 0 unspecified atom stereocenters. The van der Waals surface area contributed by atoms with Gasteiger partial charge in [-0.05, 0) is 58.7 Å². The Hall–Kier alpha value is -3.14. The Morgan fingerprint density at radius 1 is 1.10 bits per heavy atom. The van der Waals surface area contributed by atoms with Gasteiger partial charge in [-0.1, -0.05) is 23.7 Å². The van der Waals surface area contributed by atoms with Crippen molar-refractivity contribution >= 4 is 35.0 Å². The summed E-state index contributed by atoms with van der Waals surface area (Å²) >= 11 is 6.98. The van der Waals surface area contributed by atoms with Gasteiger partial charge in [0, 0.05) is 17.5 Å². The summed E-state index contributed by atoms with van der Waals surface area (Å²) in [6.07, 6.45) is 0. The lowest BCUT2D eigenvalue weighted by atomic mass is 10.1. The standard InChI is InChI=1S/C21H20ClN3O5S/c1-13(26)23-25(12-14-4-7-16(28-2)8-5-14)30-21(27)20-11-18(24-31-20)17-9-6-15(22)10-19(17)29-3/h4-11H,12H2,1-3H3,(H,23,26). The number of benzene rings is 2. The highest BCUT2D eigenvalue weighted by atomic mass is 35.5. The van der Waals surface area contributed by atoms with Gasteiger partial charge in [-0.15, -0.1) is 0 Å². The van der Waals surface area contributed by atoms with Crippen molar-refractivity contribution in [2.24, 2.45) is 0 Å². The van der Waals surface area contributed by atoms with Crippen molar-refractivity contribution in [3.05, 3.63) is 64.0 Å². The van der Waals surface area contributed by atoms with Crippen LogP contribution in [0.25, 0.3) is 11.3 Å². The number of ether oxygens (including phenoxy) is 2. The number of hydrazine groups is 1. The molecule has 162 valence electrons. The quantitative estimate of drug-likeness (QED) is 0.505. The first-order valence-corrected chi connectivity index (χ1v) is 10.3. The minimum atomic E-state index is -0.654. The zero-order chi connectivity index (χ0) is 22.4. The molecule has 0 aliphatic carbocycles. The lowest BCUT2D eigenvalue weighted by molar-refractivity contribution is -0.167. The first-order chi connectivity index (χ1) is 14.9. The first-order valence-electron chi connectivity index (χ1n) is 9.10. The smallest absolute Gasteiger partial charge is 0.370 e. The number of hydrogen-bond donors (Lipinski definition) is 1. The summed E-state index contributed by atoms with van der Waals surface area (Å²) in [6, 6.07) is 13.9. The summed E-state index contributed by atoms with van der Waals surface area (Å²) in [5.41, 5.74) is 4.54. The van der Waals surface area contributed by atoms with Gasteiger partial charge in [0.05, 0.1) is 26.5 Å². The van der Waals surface area contributed by atoms with E-state index in [1.807, 2.05) is 0 Å². The average molecular weight is 462 g/mol. The topological polar surface area (TPSA) is 90.0 Å². The molecule has 0 radical (unpaired) electrons. The maximum atomic E-state index is 12.7. The molecule has 0 spiro atoms. The lowest BCUT2D eigenvalue weighted by Crippen LogP contribution is -2.41. The monoisotopic (exact) mass is 461 g/mol. The van der Waals surface area contributed by atoms with Crippen LogP contribution in [0.3, 0.4) is 0 Å². The highest BCUT2D eigenvalue weighted by molar-refractivity contribution is 7.08. The summed E-state index contributed by atoms with van der Waals surface area (Å²) < 4.78 is 14.8. The molecule has 1 heterocycles. The molecule has 10 heteroatoms. The third-order valence-electron chi connectivity index (χ3n) is 4.11. The van der Waals surface area contributed by atoms with Crippen molar-refractivity contribution in [3.63, 3.8) is 0 Å². The maximum Gasteiger partial charge on any atom is 0.370 e. The van der Waals surface area contributed by atoms with Crippen molar-refractivity contribution in [1.29, 1.82) is 0 Å². The van der Waals surface area contributed by atoms with Crippen LogP contribution in [0.15, 0.2) is 48.5 Å². The predicted molar refractivity (Wildman–Crippen MR) is 117 cm³/mol. The van der Waals surface area contributed by atoms with E-state index in [0.717, 1.165) is 22.3 Å². The minimum Gasteiger partial charge on any atom is -0.497 e. The van der Waals surface area contributed by atoms with Crippen LogP contribution >= 0.6 is 23.1 Å². The fourth-order valence-electron chi connectivity index (χ4n) is 2.69. The molecule has 1 N–H and O–H groups in total. The molecule has 0 atom stereocenters. The first kappa shape index (κ1) is 22.5. The zero-order valence-electron chi connectivity index (χ0n) is 17.0. The Bertz CT molecular complexity index is 1070. The number of methoxy groups -OCH3 is 2. The molecule has 0 bridgehead atoms. The normalized spacial score (nSPS) is 10.6. The summed E-state index contributed by atoms with van der Waals surface area (Å²) in [5, 5.41) is 1.61. The fourth-order valence-corrected chi connectivity index (χ4v) is 3.47. The van der Waals surface area contributed by atoms with Gasteiger partial charge in [0.25, 0.3) is 0 Å². The van der Waals surface area contributed by atoms with Crippen LogP contribution in [-0.4, -0.2) is 35.6 Å². The van der Waals surface area contributed by atoms with E-state index in [0.29, 0.717) is 27.8 Å². The largest absolute Gasteiger partial charge is 0.497 e. The molecule has 3 rings (SSSR count). The van der Waals surface area contributed by atoms with Crippen LogP contribution in [0.1, 0.15) is 22.2 Å². The zero-order valence-corrected chi connectivity index (χ0v) is 18.6. The van der Waals surface area contributed by atoms with Crippen molar-refractivity contribution in [2.75, 3.05) is 14.2 Å². The summed E-state index contributed by atoms with van der Waals surface area (Å²) in [5.74, 6) is 0.204. The van der Waals surface area contributed by atoms with Crippen LogP contribution in [0.4, 0.5) is 0 Å². The molecule has 31 heavy (non-hydrogen) atoms. The average Bonchev–Trinajstić information content (AvgIpc) is 3.24. The molecule has 3 aromatic rings. The highest BCUT2D eigenvalue weighted by Crippen LogP contribution is 2.33. The second-order valence-electron chi connectivity index (χ2n) is 6.35. The van der Waals surface area contributed by atoms with Crippen molar-refractivity contribution in [1.82, 2.24) is 15.0 Å². The maximum absolute atomic E-state index is 12.7. The molecule has 1 aromatic heterocycles. The van der Waals surface area contributed by atoms with Crippen LogP contribution in [0.2, 0.25) is 5.02 Å². The Labute approximate surface area is 188 Å². The van der Waals surface area contributed by atoms with Crippen LogP contribution < -0.4 is 14.9 Å². The number of halogens is 1. The predicted octanol–water partition coefficient (Wildman–Crippen LogP) is 4.11. The number of hydroxylamine groups is 1. The second kappa shape index (κ2) is 10.3. The molecule has 2 aromatic carbocycles. The van der Waals surface area contributed by atoms with E-state index in [1.165, 1.54) is 14.0 Å². The van der Waals surface area contributed by atoms with E-state index >= 15 is 0 Å². The van der Waals surface area contributed by atoms with Gasteiger partial charge in [0.2, 0.25) is 5.91 Å². The van der Waals surface area contributed by atoms with Crippen LogP contribution in [0, 0.1) is 0 Å². The highest BCUT2D eigenvalue weighted by Gasteiger charge is 2.20. The molecular weight excluding hydrogens is 442 g/mol. The molecular formula is C21H20ClN3O5S. The van der Waals surface area contributed by atoms with Crippen LogP contribution in [0.5, 0.6) is 11.5 Å². The minimum absolute atomic E-state index is 0.145. The number of nitrogens with zero attached hydrogens (tertiary/aromatic N) is 2. The number of carbonyl (C=O) groups is 2. The van der Waals surface area contributed by atoms with Crippen molar-refractivity contribution in [3.8, 4) is 22.8 Å². The molecule has 1 amide bonds. The number of rotatable bonds is 8. The third-order valence-corrected chi connectivity index (χ3v) is 5.12. The van der Waals surface area contributed by atoms with Gasteiger partial charge in [-0.3, -0.25) is 10.2 Å². The molecule has 0 saturated carbocycles. The van der Waals surface area contributed by atoms with Gasteiger partial charge in [0.1, 0.15) is 16.4 Å². The fraction of sp³-hybridized carbons (Fsp3) is 0.190. The SMILES string of the molecule is COc1ccc(CN(NC(C)=O)OC(=O)c2cc(-c3ccc(Cl)cc3OC)ns2)cc1. The Kier molecular flexibility index (Phi) is 7.45. The van der Waals surface area contributed by atoms with Gasteiger partial charge < -0.3 is 14.3 Å². The lowest BCUT2D eigenvalue weighted by Gasteiger charge is -2.20. The van der Waals surface area contributed by atoms with Gasteiger partial charge in [0.15, 0.2) is 0 Å². The Balaban J connectivity index is 1.75. The van der Waals surface area contributed by atoms with E-state index < -0.39 is 5.97 Å². The van der Waals surface area contributed by atoms with E-state index in [4.69, 9.17) is 25.9 Å². The number of hydrogen-bond acceptors (Lipinski definition) is 8. The van der Waals surface area contributed by atoms with E-state index in [2.05, 4.69) is 9.80 Å².